The lowest BCUT2D eigenvalue weighted by Gasteiger charge is -2.39. The summed E-state index contributed by atoms with van der Waals surface area (Å²) in [4.78, 5) is 25.4. The van der Waals surface area contributed by atoms with Crippen molar-refractivity contribution >= 4 is 12.1 Å². The van der Waals surface area contributed by atoms with E-state index in [-0.39, 0.29) is 12.0 Å². The molecule has 1 aromatic rings. The molecule has 1 fully saturated rings. The van der Waals surface area contributed by atoms with Gasteiger partial charge < -0.3 is 19.1 Å². The van der Waals surface area contributed by atoms with Crippen molar-refractivity contribution in [2.24, 2.45) is 5.92 Å². The number of carbonyl (C=O) groups is 2. The Kier molecular flexibility index (Phi) is 5.70. The number of para-hydroxylation sites is 1. The number of ether oxygens (including phenoxy) is 3. The average Bonchev–Trinajstić information content (AvgIpc) is 2.44. The number of esters is 1. The fourth-order valence-electron chi connectivity index (χ4n) is 2.33. The lowest BCUT2D eigenvalue weighted by Crippen LogP contribution is -2.53. The van der Waals surface area contributed by atoms with E-state index in [1.807, 2.05) is 26.8 Å². The molecule has 132 valence electrons. The van der Waals surface area contributed by atoms with Crippen molar-refractivity contribution in [1.29, 1.82) is 0 Å². The van der Waals surface area contributed by atoms with E-state index in [0.29, 0.717) is 37.6 Å². The van der Waals surface area contributed by atoms with Crippen LogP contribution in [0, 0.1) is 5.92 Å². The SMILES string of the molecule is CCOC(=O)c1ccccc1OCC1CN(C(=O)OC(C)(C)C)C1. The zero-order valence-corrected chi connectivity index (χ0v) is 14.7. The Morgan fingerprint density at radius 3 is 2.50 bits per heavy atom. The molecule has 1 aliphatic heterocycles. The Morgan fingerprint density at radius 1 is 1.21 bits per heavy atom. The highest BCUT2D eigenvalue weighted by Gasteiger charge is 2.34. The highest BCUT2D eigenvalue weighted by molar-refractivity contribution is 5.92. The minimum absolute atomic E-state index is 0.229. The van der Waals surface area contributed by atoms with Gasteiger partial charge in [0.05, 0.1) is 13.2 Å². The van der Waals surface area contributed by atoms with Gasteiger partial charge in [-0.3, -0.25) is 0 Å². The molecule has 0 atom stereocenters. The van der Waals surface area contributed by atoms with Gasteiger partial charge in [0.2, 0.25) is 0 Å². The van der Waals surface area contributed by atoms with Crippen LogP contribution in [0.4, 0.5) is 4.79 Å². The second kappa shape index (κ2) is 7.55. The lowest BCUT2D eigenvalue weighted by atomic mass is 10.0. The molecule has 1 aromatic carbocycles. The van der Waals surface area contributed by atoms with Gasteiger partial charge in [0.25, 0.3) is 0 Å². The maximum Gasteiger partial charge on any atom is 0.410 e. The molecular weight excluding hydrogens is 310 g/mol. The highest BCUT2D eigenvalue weighted by atomic mass is 16.6. The van der Waals surface area contributed by atoms with Crippen molar-refractivity contribution in [2.75, 3.05) is 26.3 Å². The third-order valence-corrected chi connectivity index (χ3v) is 3.47. The molecular formula is C18H25NO5. The Bertz CT molecular complexity index is 587. The van der Waals surface area contributed by atoms with Crippen molar-refractivity contribution < 1.29 is 23.8 Å². The Balaban J connectivity index is 1.82. The summed E-state index contributed by atoms with van der Waals surface area (Å²) < 4.78 is 16.1. The topological polar surface area (TPSA) is 65.1 Å². The van der Waals surface area contributed by atoms with Crippen molar-refractivity contribution in [3.63, 3.8) is 0 Å². The number of hydrogen-bond acceptors (Lipinski definition) is 5. The molecule has 0 spiro atoms. The molecule has 24 heavy (non-hydrogen) atoms. The predicted octanol–water partition coefficient (Wildman–Crippen LogP) is 3.11. The molecule has 1 saturated heterocycles. The van der Waals surface area contributed by atoms with Crippen LogP contribution in [0.25, 0.3) is 0 Å². The van der Waals surface area contributed by atoms with Gasteiger partial charge in [-0.2, -0.15) is 0 Å². The molecule has 6 heteroatoms. The monoisotopic (exact) mass is 335 g/mol. The number of carbonyl (C=O) groups excluding carboxylic acids is 2. The summed E-state index contributed by atoms with van der Waals surface area (Å²) in [5, 5.41) is 0. The third kappa shape index (κ3) is 4.88. The Hall–Kier alpha value is -2.24. The van der Waals surface area contributed by atoms with Crippen LogP contribution in [0.3, 0.4) is 0 Å². The second-order valence-electron chi connectivity index (χ2n) is 6.78. The van der Waals surface area contributed by atoms with Crippen LogP contribution in [0.1, 0.15) is 38.1 Å². The van der Waals surface area contributed by atoms with Crippen LogP contribution in [0.2, 0.25) is 0 Å². The third-order valence-electron chi connectivity index (χ3n) is 3.47. The molecule has 1 amide bonds. The van der Waals surface area contributed by atoms with Crippen LogP contribution in [-0.4, -0.2) is 48.9 Å². The van der Waals surface area contributed by atoms with E-state index in [1.165, 1.54) is 0 Å². The van der Waals surface area contributed by atoms with Crippen molar-refractivity contribution in [3.8, 4) is 5.75 Å². The van der Waals surface area contributed by atoms with E-state index < -0.39 is 11.6 Å². The first-order chi connectivity index (χ1) is 11.3. The molecule has 1 aliphatic rings. The van der Waals surface area contributed by atoms with Gasteiger partial charge in [0, 0.05) is 19.0 Å². The van der Waals surface area contributed by atoms with Gasteiger partial charge in [0.15, 0.2) is 0 Å². The smallest absolute Gasteiger partial charge is 0.410 e. The number of hydrogen-bond donors (Lipinski definition) is 0. The van der Waals surface area contributed by atoms with E-state index in [0.717, 1.165) is 0 Å². The number of benzene rings is 1. The van der Waals surface area contributed by atoms with E-state index in [4.69, 9.17) is 14.2 Å². The zero-order valence-electron chi connectivity index (χ0n) is 14.7. The number of amides is 1. The summed E-state index contributed by atoms with van der Waals surface area (Å²) in [5.41, 5.74) is -0.0697. The standard InChI is InChI=1S/C18H25NO5/c1-5-22-16(20)14-8-6-7-9-15(14)23-12-13-10-19(11-13)17(21)24-18(2,3)4/h6-9,13H,5,10-12H2,1-4H3. The molecule has 0 unspecified atom stereocenters. The molecule has 0 N–H and O–H groups in total. The molecule has 2 rings (SSSR count). The maximum atomic E-state index is 11.9. The minimum Gasteiger partial charge on any atom is -0.492 e. The average molecular weight is 335 g/mol. The van der Waals surface area contributed by atoms with E-state index >= 15 is 0 Å². The molecule has 0 radical (unpaired) electrons. The maximum absolute atomic E-state index is 11.9. The highest BCUT2D eigenvalue weighted by Crippen LogP contribution is 2.23. The quantitative estimate of drug-likeness (QED) is 0.774. The number of nitrogens with zero attached hydrogens (tertiary/aromatic N) is 1. The summed E-state index contributed by atoms with van der Waals surface area (Å²) in [6, 6.07) is 7.01. The largest absolute Gasteiger partial charge is 0.492 e. The zero-order chi connectivity index (χ0) is 17.7. The van der Waals surface area contributed by atoms with E-state index in [9.17, 15) is 9.59 Å². The number of likely N-dealkylation sites (tertiary alicyclic amines) is 1. The van der Waals surface area contributed by atoms with Crippen LogP contribution in [-0.2, 0) is 9.47 Å². The molecule has 0 bridgehead atoms. The second-order valence-corrected chi connectivity index (χ2v) is 6.78. The van der Waals surface area contributed by atoms with Crippen LogP contribution < -0.4 is 4.74 Å². The normalized spacial score (nSPS) is 14.8. The summed E-state index contributed by atoms with van der Waals surface area (Å²) >= 11 is 0. The van der Waals surface area contributed by atoms with Crippen molar-refractivity contribution in [2.45, 2.75) is 33.3 Å². The van der Waals surface area contributed by atoms with E-state index in [1.54, 1.807) is 30.0 Å². The van der Waals surface area contributed by atoms with Crippen molar-refractivity contribution in [3.05, 3.63) is 29.8 Å². The van der Waals surface area contributed by atoms with Gasteiger partial charge in [0.1, 0.15) is 16.9 Å². The predicted molar refractivity (Wildman–Crippen MR) is 89.2 cm³/mol. The molecule has 6 nitrogen and oxygen atoms in total. The Morgan fingerprint density at radius 2 is 1.88 bits per heavy atom. The van der Waals surface area contributed by atoms with Gasteiger partial charge in [-0.15, -0.1) is 0 Å². The van der Waals surface area contributed by atoms with Crippen LogP contribution in [0.15, 0.2) is 24.3 Å². The first-order valence-corrected chi connectivity index (χ1v) is 8.17. The van der Waals surface area contributed by atoms with E-state index in [2.05, 4.69) is 0 Å². The molecule has 1 heterocycles. The van der Waals surface area contributed by atoms with Crippen LogP contribution >= 0.6 is 0 Å². The first-order valence-electron chi connectivity index (χ1n) is 8.17. The van der Waals surface area contributed by atoms with Gasteiger partial charge >= 0.3 is 12.1 Å². The lowest BCUT2D eigenvalue weighted by molar-refractivity contribution is -0.00786. The first kappa shape index (κ1) is 18.1. The van der Waals surface area contributed by atoms with Crippen LogP contribution in [0.5, 0.6) is 5.75 Å². The summed E-state index contributed by atoms with van der Waals surface area (Å²) in [6.07, 6.45) is -0.300. The fraction of sp³-hybridized carbons (Fsp3) is 0.556. The summed E-state index contributed by atoms with van der Waals surface area (Å²) in [5.74, 6) is 0.344. The van der Waals surface area contributed by atoms with Gasteiger partial charge in [-0.25, -0.2) is 9.59 Å². The Labute approximate surface area is 142 Å². The molecule has 0 aromatic heterocycles. The molecule has 0 aliphatic carbocycles. The number of rotatable bonds is 5. The molecule has 0 saturated carbocycles. The van der Waals surface area contributed by atoms with Gasteiger partial charge in [-0.05, 0) is 39.8 Å². The summed E-state index contributed by atoms with van der Waals surface area (Å²) in [7, 11) is 0. The van der Waals surface area contributed by atoms with Gasteiger partial charge in [-0.1, -0.05) is 12.1 Å². The van der Waals surface area contributed by atoms with Crippen molar-refractivity contribution in [1.82, 2.24) is 4.90 Å². The summed E-state index contributed by atoms with van der Waals surface area (Å²) in [6.45, 7) is 9.25. The minimum atomic E-state index is -0.489. The fourth-order valence-corrected chi connectivity index (χ4v) is 2.33.